The molecule has 1 aromatic carbocycles. The highest BCUT2D eigenvalue weighted by Crippen LogP contribution is 2.14. The van der Waals surface area contributed by atoms with Gasteiger partial charge in [-0.05, 0) is 76.1 Å². The number of ether oxygens (including phenoxy) is 1. The lowest BCUT2D eigenvalue weighted by Gasteiger charge is -2.26. The third-order valence-corrected chi connectivity index (χ3v) is 4.91. The van der Waals surface area contributed by atoms with Crippen molar-refractivity contribution in [3.05, 3.63) is 29.8 Å². The highest BCUT2D eigenvalue weighted by atomic mass is 16.5. The van der Waals surface area contributed by atoms with E-state index in [9.17, 15) is 0 Å². The van der Waals surface area contributed by atoms with E-state index < -0.39 is 0 Å². The van der Waals surface area contributed by atoms with Gasteiger partial charge in [0.2, 0.25) is 0 Å². The molecular formula is C20H34N2O. The summed E-state index contributed by atoms with van der Waals surface area (Å²) in [4.78, 5) is 5.20. The van der Waals surface area contributed by atoms with E-state index in [1.165, 1.54) is 70.3 Å². The van der Waals surface area contributed by atoms with E-state index in [1.807, 2.05) is 0 Å². The number of rotatable bonds is 10. The molecule has 0 amide bonds. The first-order valence-electron chi connectivity index (χ1n) is 9.39. The summed E-state index contributed by atoms with van der Waals surface area (Å²) in [5.41, 5.74) is 1.38. The number of piperidine rings is 1. The van der Waals surface area contributed by atoms with Crippen LogP contribution in [0.3, 0.4) is 0 Å². The molecule has 0 N–H and O–H groups in total. The Morgan fingerprint density at radius 1 is 1.00 bits per heavy atom. The first-order valence-corrected chi connectivity index (χ1v) is 9.39. The van der Waals surface area contributed by atoms with Crippen LogP contribution in [0.15, 0.2) is 24.3 Å². The van der Waals surface area contributed by atoms with Gasteiger partial charge in [-0.1, -0.05) is 31.9 Å². The standard InChI is InChI=1S/C20H34N2O/c1-3-21(18-19-10-12-20(23-2)13-11-19)14-6-4-7-15-22-16-8-5-9-17-22/h10-13H,3-9,14-18H2,1-2H3. The highest BCUT2D eigenvalue weighted by molar-refractivity contribution is 5.27. The molecule has 1 aliphatic heterocycles. The van der Waals surface area contributed by atoms with Crippen molar-refractivity contribution in [3.63, 3.8) is 0 Å². The Kier molecular flexibility index (Phi) is 8.48. The number of unbranched alkanes of at least 4 members (excludes halogenated alkanes) is 2. The van der Waals surface area contributed by atoms with Crippen molar-refractivity contribution in [1.29, 1.82) is 0 Å². The lowest BCUT2D eigenvalue weighted by Crippen LogP contribution is -2.30. The molecule has 0 aliphatic carbocycles. The zero-order chi connectivity index (χ0) is 16.3. The van der Waals surface area contributed by atoms with Crippen LogP contribution in [0.2, 0.25) is 0 Å². The average molecular weight is 319 g/mol. The quantitative estimate of drug-likeness (QED) is 0.602. The molecule has 3 heteroatoms. The van der Waals surface area contributed by atoms with Crippen LogP contribution in [-0.2, 0) is 6.54 Å². The summed E-state index contributed by atoms with van der Waals surface area (Å²) in [6.45, 7) is 9.62. The predicted molar refractivity (Wildman–Crippen MR) is 98.1 cm³/mol. The Morgan fingerprint density at radius 2 is 1.74 bits per heavy atom. The fourth-order valence-corrected chi connectivity index (χ4v) is 3.37. The van der Waals surface area contributed by atoms with E-state index in [1.54, 1.807) is 7.11 Å². The van der Waals surface area contributed by atoms with Gasteiger partial charge in [-0.25, -0.2) is 0 Å². The Balaban J connectivity index is 1.60. The highest BCUT2D eigenvalue weighted by Gasteiger charge is 2.09. The number of hydrogen-bond acceptors (Lipinski definition) is 3. The predicted octanol–water partition coefficient (Wildman–Crippen LogP) is 4.17. The van der Waals surface area contributed by atoms with Gasteiger partial charge in [0.25, 0.3) is 0 Å². The van der Waals surface area contributed by atoms with Crippen molar-refractivity contribution in [2.75, 3.05) is 39.8 Å². The molecule has 0 unspecified atom stereocenters. The number of methoxy groups -OCH3 is 1. The van der Waals surface area contributed by atoms with Gasteiger partial charge >= 0.3 is 0 Å². The molecule has 0 bridgehead atoms. The molecule has 2 rings (SSSR count). The summed E-state index contributed by atoms with van der Waals surface area (Å²) in [5, 5.41) is 0. The minimum atomic E-state index is 0.939. The monoisotopic (exact) mass is 318 g/mol. The number of nitrogens with zero attached hydrogens (tertiary/aromatic N) is 2. The topological polar surface area (TPSA) is 15.7 Å². The Hall–Kier alpha value is -1.06. The second-order valence-corrected chi connectivity index (χ2v) is 6.68. The van der Waals surface area contributed by atoms with Crippen LogP contribution in [0.5, 0.6) is 5.75 Å². The van der Waals surface area contributed by atoms with Gasteiger partial charge < -0.3 is 9.64 Å². The molecule has 23 heavy (non-hydrogen) atoms. The van der Waals surface area contributed by atoms with Crippen LogP contribution >= 0.6 is 0 Å². The molecule has 1 heterocycles. The smallest absolute Gasteiger partial charge is 0.118 e. The van der Waals surface area contributed by atoms with Gasteiger partial charge in [0.05, 0.1) is 7.11 Å². The minimum absolute atomic E-state index is 0.939. The summed E-state index contributed by atoms with van der Waals surface area (Å²) < 4.78 is 5.22. The maximum atomic E-state index is 5.22. The second-order valence-electron chi connectivity index (χ2n) is 6.68. The van der Waals surface area contributed by atoms with Crippen LogP contribution in [0.25, 0.3) is 0 Å². The Labute approximate surface area is 142 Å². The van der Waals surface area contributed by atoms with Gasteiger partial charge in [-0.2, -0.15) is 0 Å². The molecule has 1 aliphatic rings. The number of likely N-dealkylation sites (tertiary alicyclic amines) is 1. The maximum Gasteiger partial charge on any atom is 0.118 e. The second kappa shape index (κ2) is 10.7. The van der Waals surface area contributed by atoms with Crippen LogP contribution in [0.1, 0.15) is 51.0 Å². The molecule has 130 valence electrons. The van der Waals surface area contributed by atoms with Crippen LogP contribution in [0.4, 0.5) is 0 Å². The molecule has 1 aromatic rings. The Morgan fingerprint density at radius 3 is 2.39 bits per heavy atom. The minimum Gasteiger partial charge on any atom is -0.497 e. The first-order chi connectivity index (χ1) is 11.3. The van der Waals surface area contributed by atoms with Gasteiger partial charge in [0, 0.05) is 6.54 Å². The van der Waals surface area contributed by atoms with E-state index in [0.29, 0.717) is 0 Å². The van der Waals surface area contributed by atoms with Crippen molar-refractivity contribution in [1.82, 2.24) is 9.80 Å². The van der Waals surface area contributed by atoms with Gasteiger partial charge in [0.15, 0.2) is 0 Å². The zero-order valence-electron chi connectivity index (χ0n) is 15.1. The maximum absolute atomic E-state index is 5.22. The van der Waals surface area contributed by atoms with Crippen LogP contribution < -0.4 is 4.74 Å². The van der Waals surface area contributed by atoms with Crippen molar-refractivity contribution < 1.29 is 4.74 Å². The fraction of sp³-hybridized carbons (Fsp3) is 0.700. The summed E-state index contributed by atoms with van der Waals surface area (Å²) in [6, 6.07) is 8.47. The van der Waals surface area contributed by atoms with Gasteiger partial charge in [-0.3, -0.25) is 4.90 Å². The summed E-state index contributed by atoms with van der Waals surface area (Å²) in [5.74, 6) is 0.939. The normalized spacial score (nSPS) is 16.0. The largest absolute Gasteiger partial charge is 0.497 e. The molecular weight excluding hydrogens is 284 g/mol. The average Bonchev–Trinajstić information content (AvgIpc) is 2.62. The van der Waals surface area contributed by atoms with Crippen LogP contribution in [-0.4, -0.2) is 49.6 Å². The molecule has 0 spiro atoms. The van der Waals surface area contributed by atoms with Gasteiger partial charge in [0.1, 0.15) is 5.75 Å². The molecule has 0 saturated carbocycles. The molecule has 0 aromatic heterocycles. The fourth-order valence-electron chi connectivity index (χ4n) is 3.37. The summed E-state index contributed by atoms with van der Waals surface area (Å²) in [7, 11) is 1.72. The molecule has 0 radical (unpaired) electrons. The number of hydrogen-bond donors (Lipinski definition) is 0. The molecule has 1 saturated heterocycles. The van der Waals surface area contributed by atoms with Gasteiger partial charge in [-0.15, -0.1) is 0 Å². The third kappa shape index (κ3) is 6.92. The van der Waals surface area contributed by atoms with Crippen molar-refractivity contribution in [3.8, 4) is 5.75 Å². The lowest BCUT2D eigenvalue weighted by molar-refractivity contribution is 0.220. The zero-order valence-corrected chi connectivity index (χ0v) is 15.1. The summed E-state index contributed by atoms with van der Waals surface area (Å²) in [6.07, 6.45) is 8.29. The Bertz CT molecular complexity index is 412. The summed E-state index contributed by atoms with van der Waals surface area (Å²) >= 11 is 0. The third-order valence-electron chi connectivity index (χ3n) is 4.91. The molecule has 0 atom stereocenters. The van der Waals surface area contributed by atoms with Crippen molar-refractivity contribution in [2.24, 2.45) is 0 Å². The first kappa shape index (κ1) is 18.3. The van der Waals surface area contributed by atoms with E-state index in [-0.39, 0.29) is 0 Å². The molecule has 3 nitrogen and oxygen atoms in total. The van der Waals surface area contributed by atoms with Crippen molar-refractivity contribution in [2.45, 2.75) is 52.0 Å². The van der Waals surface area contributed by atoms with E-state index in [2.05, 4.69) is 41.0 Å². The number of benzene rings is 1. The van der Waals surface area contributed by atoms with Crippen LogP contribution in [0, 0.1) is 0 Å². The lowest BCUT2D eigenvalue weighted by atomic mass is 10.1. The van der Waals surface area contributed by atoms with E-state index in [4.69, 9.17) is 4.74 Å². The van der Waals surface area contributed by atoms with Crippen molar-refractivity contribution >= 4 is 0 Å². The van der Waals surface area contributed by atoms with E-state index >= 15 is 0 Å². The van der Waals surface area contributed by atoms with E-state index in [0.717, 1.165) is 18.8 Å². The molecule has 1 fully saturated rings. The SMILES string of the molecule is CCN(CCCCCN1CCCCC1)Cc1ccc(OC)cc1.